The standard InChI is InChI=1S/C19H25N2O2.C8H3F4O.Nb/c1-3-17(22)21-11-9-19(10-12-21)13-18(23)20(2)14-16(19)15-7-5-4-6-8-15;9-7-2-1-6(8(10,11)12)3-5(7)4-13;/h3-8,16H,9-14H2,1-2H3;1-3H;/q2*-1;+2. The Kier molecular flexibility index (Phi) is 10.6. The van der Waals surface area contributed by atoms with Crippen molar-refractivity contribution in [3.8, 4) is 0 Å². The van der Waals surface area contributed by atoms with Crippen molar-refractivity contribution in [1.82, 2.24) is 9.80 Å². The Hall–Kier alpha value is -2.62. The first-order chi connectivity index (χ1) is 17.0. The molecular weight excluding hydrogens is 569 g/mol. The predicted molar refractivity (Wildman–Crippen MR) is 126 cm³/mol. The Bertz CT molecular complexity index is 1090. The van der Waals surface area contributed by atoms with Crippen molar-refractivity contribution in [2.75, 3.05) is 26.7 Å². The van der Waals surface area contributed by atoms with Gasteiger partial charge in [0.05, 0.1) is 12.2 Å². The first-order valence-corrected chi connectivity index (χ1v) is 11.6. The van der Waals surface area contributed by atoms with Gasteiger partial charge in [0.25, 0.3) is 0 Å². The van der Waals surface area contributed by atoms with Crippen molar-refractivity contribution in [3.05, 3.63) is 77.5 Å². The predicted octanol–water partition coefficient (Wildman–Crippen LogP) is 4.77. The maximum Gasteiger partial charge on any atom is 2.00 e. The Morgan fingerprint density at radius 1 is 1.11 bits per heavy atom. The summed E-state index contributed by atoms with van der Waals surface area (Å²) in [7, 11) is 1.90. The van der Waals surface area contributed by atoms with Gasteiger partial charge in [-0.1, -0.05) is 42.5 Å². The number of piperidine rings is 2. The third-order valence-electron chi connectivity index (χ3n) is 7.05. The van der Waals surface area contributed by atoms with Crippen molar-refractivity contribution >= 4 is 18.1 Å². The summed E-state index contributed by atoms with van der Waals surface area (Å²) in [4.78, 5) is 38.0. The zero-order chi connectivity index (χ0) is 26.5. The Morgan fingerprint density at radius 3 is 2.27 bits per heavy atom. The maximum atomic E-state index is 12.5. The molecule has 2 amide bonds. The van der Waals surface area contributed by atoms with Gasteiger partial charge in [0.2, 0.25) is 5.91 Å². The molecule has 2 aliphatic heterocycles. The van der Waals surface area contributed by atoms with Crippen LogP contribution >= 0.6 is 0 Å². The minimum atomic E-state index is -4.57. The summed E-state index contributed by atoms with van der Waals surface area (Å²) >= 11 is 0. The van der Waals surface area contributed by atoms with E-state index in [1.54, 1.807) is 13.3 Å². The van der Waals surface area contributed by atoms with E-state index in [1.165, 1.54) is 5.56 Å². The van der Waals surface area contributed by atoms with E-state index in [2.05, 4.69) is 24.3 Å². The van der Waals surface area contributed by atoms with E-state index >= 15 is 0 Å². The molecule has 2 aliphatic rings. The first-order valence-electron chi connectivity index (χ1n) is 11.6. The first kappa shape index (κ1) is 30.6. The van der Waals surface area contributed by atoms with Crippen LogP contribution in [0.1, 0.15) is 48.8 Å². The summed E-state index contributed by atoms with van der Waals surface area (Å²) in [6.07, 6.45) is 0.559. The van der Waals surface area contributed by atoms with Gasteiger partial charge in [-0.25, -0.2) is 0 Å². The molecule has 1 atom stereocenters. The van der Waals surface area contributed by atoms with Crippen molar-refractivity contribution in [3.63, 3.8) is 0 Å². The molecule has 2 aromatic rings. The van der Waals surface area contributed by atoms with Crippen molar-refractivity contribution in [1.29, 1.82) is 0 Å². The number of carbonyl (C=O) groups is 2. The summed E-state index contributed by atoms with van der Waals surface area (Å²) in [6, 6.07) is 12.1. The van der Waals surface area contributed by atoms with Crippen LogP contribution in [0.4, 0.5) is 17.6 Å². The van der Waals surface area contributed by atoms with Crippen LogP contribution in [0.5, 0.6) is 0 Å². The van der Waals surface area contributed by atoms with Crippen LogP contribution in [0.2, 0.25) is 0 Å². The molecule has 4 rings (SSSR count). The molecule has 1 radical (unpaired) electrons. The zero-order valence-electron chi connectivity index (χ0n) is 20.6. The molecule has 1 unspecified atom stereocenters. The molecule has 5 nitrogen and oxygen atoms in total. The van der Waals surface area contributed by atoms with E-state index < -0.39 is 23.1 Å². The summed E-state index contributed by atoms with van der Waals surface area (Å²) in [5.41, 5.74) is -0.467. The number of hydrogen-bond donors (Lipinski definition) is 0. The number of likely N-dealkylation sites (N-methyl/N-ethyl adjacent to an activating group) is 1. The van der Waals surface area contributed by atoms with Gasteiger partial charge in [-0.05, 0) is 29.4 Å². The molecule has 2 heterocycles. The topological polar surface area (TPSA) is 57.7 Å². The van der Waals surface area contributed by atoms with E-state index in [0.717, 1.165) is 38.8 Å². The van der Waals surface area contributed by atoms with Gasteiger partial charge in [-0.15, -0.1) is 11.6 Å². The van der Waals surface area contributed by atoms with Crippen molar-refractivity contribution < 1.29 is 54.3 Å². The van der Waals surface area contributed by atoms with Crippen LogP contribution < -0.4 is 0 Å². The molecule has 0 N–H and O–H groups in total. The summed E-state index contributed by atoms with van der Waals surface area (Å²) < 4.78 is 48.5. The van der Waals surface area contributed by atoms with Gasteiger partial charge in [0.15, 0.2) is 0 Å². The third-order valence-corrected chi connectivity index (χ3v) is 7.05. The number of halogens is 4. The monoisotopic (exact) mass is 597 g/mol. The van der Waals surface area contributed by atoms with Crippen LogP contribution in [-0.2, 0) is 42.9 Å². The largest absolute Gasteiger partial charge is 2.00 e. The van der Waals surface area contributed by atoms with Gasteiger partial charge in [-0.2, -0.15) is 20.1 Å². The van der Waals surface area contributed by atoms with E-state index in [1.807, 2.05) is 22.9 Å². The van der Waals surface area contributed by atoms with E-state index in [0.29, 0.717) is 30.5 Å². The average Bonchev–Trinajstić information content (AvgIpc) is 2.87. The summed E-state index contributed by atoms with van der Waals surface area (Å²) in [5.74, 6) is -0.313. The van der Waals surface area contributed by atoms with Crippen LogP contribution in [-0.4, -0.2) is 54.6 Å². The van der Waals surface area contributed by atoms with Gasteiger partial charge >= 0.3 is 28.6 Å². The molecule has 0 saturated carbocycles. The Balaban J connectivity index is 0.000000295. The van der Waals surface area contributed by atoms with E-state index in [9.17, 15) is 31.9 Å². The smallest absolute Gasteiger partial charge is 0.376 e. The third kappa shape index (κ3) is 7.24. The normalized spacial score (nSPS) is 18.9. The van der Waals surface area contributed by atoms with E-state index in [-0.39, 0.29) is 39.6 Å². The number of alkyl halides is 3. The van der Waals surface area contributed by atoms with Crippen molar-refractivity contribution in [2.45, 2.75) is 38.3 Å². The van der Waals surface area contributed by atoms with Gasteiger partial charge in [0, 0.05) is 44.8 Å². The second-order valence-electron chi connectivity index (χ2n) is 9.19. The van der Waals surface area contributed by atoms with Crippen LogP contribution in [0.3, 0.4) is 0 Å². The second-order valence-corrected chi connectivity index (χ2v) is 9.19. The molecule has 0 bridgehead atoms. The van der Waals surface area contributed by atoms with Crippen molar-refractivity contribution in [2.24, 2.45) is 5.41 Å². The molecule has 0 aromatic heterocycles. The van der Waals surface area contributed by atoms with Crippen LogP contribution in [0.15, 0.2) is 48.5 Å². The molecule has 2 saturated heterocycles. The average molecular weight is 597 g/mol. The van der Waals surface area contributed by atoms with Crippen LogP contribution in [0.25, 0.3) is 0 Å². The number of likely N-dealkylation sites (tertiary alicyclic amines) is 2. The summed E-state index contributed by atoms with van der Waals surface area (Å²) in [5, 5.41) is 0. The number of hydrogen-bond acceptors (Lipinski definition) is 3. The number of nitrogens with zero attached hydrogens (tertiary/aromatic N) is 2. The Labute approximate surface area is 229 Å². The number of carbonyl (C=O) groups excluding carboxylic acids is 3. The maximum absolute atomic E-state index is 12.5. The van der Waals surface area contributed by atoms with E-state index in [4.69, 9.17) is 0 Å². The quantitative estimate of drug-likeness (QED) is 0.291. The number of amides is 2. The Morgan fingerprint density at radius 2 is 1.73 bits per heavy atom. The molecular formula is C27H28F4N2NbO3. The molecule has 37 heavy (non-hydrogen) atoms. The molecule has 1 spiro atoms. The fourth-order valence-electron chi connectivity index (χ4n) is 4.93. The number of benzene rings is 2. The van der Waals surface area contributed by atoms with Gasteiger partial charge in [0.1, 0.15) is 0 Å². The van der Waals surface area contributed by atoms with Gasteiger partial charge < -0.3 is 25.8 Å². The van der Waals surface area contributed by atoms with Crippen LogP contribution in [0, 0.1) is 17.7 Å². The zero-order valence-corrected chi connectivity index (χ0v) is 22.8. The fraction of sp³-hybridized carbons (Fsp3) is 0.407. The molecule has 0 aliphatic carbocycles. The van der Waals surface area contributed by atoms with Gasteiger partial charge in [-0.3, -0.25) is 9.18 Å². The fourth-order valence-corrected chi connectivity index (χ4v) is 4.93. The minimum absolute atomic E-state index is 0. The molecule has 2 aromatic carbocycles. The molecule has 10 heteroatoms. The summed E-state index contributed by atoms with van der Waals surface area (Å²) in [6.45, 7) is 4.07. The minimum Gasteiger partial charge on any atom is -0.376 e. The second kappa shape index (κ2) is 12.8. The number of rotatable bonds is 3. The SMILES string of the molecule is C[CH-]C(=O)N1CCC2(CC1)CC(=O)N(C)CC2c1ccccc1.O=[C-]c1cc(C(F)(F)F)ccc1F.[Nb+2]. The molecule has 197 valence electrons. The molecule has 2 fully saturated rings.